The van der Waals surface area contributed by atoms with Crippen LogP contribution in [-0.4, -0.2) is 14.3 Å². The number of hydrogen-bond donors (Lipinski definition) is 2. The van der Waals surface area contributed by atoms with Crippen molar-refractivity contribution >= 4 is 61.8 Å². The molecule has 5 nitrogen and oxygen atoms in total. The number of sulfonamides is 1. The van der Waals surface area contributed by atoms with Crippen molar-refractivity contribution in [1.29, 1.82) is 0 Å². The molecule has 1 aromatic heterocycles. The summed E-state index contributed by atoms with van der Waals surface area (Å²) in [4.78, 5) is 12.6. The highest BCUT2D eigenvalue weighted by Gasteiger charge is 2.17. The van der Waals surface area contributed by atoms with Crippen molar-refractivity contribution in [2.45, 2.75) is 4.90 Å². The zero-order valence-corrected chi connectivity index (χ0v) is 16.2. The van der Waals surface area contributed by atoms with Gasteiger partial charge in [0.25, 0.3) is 15.9 Å². The minimum atomic E-state index is -3.86. The predicted molar refractivity (Wildman–Crippen MR) is 106 cm³/mol. The summed E-state index contributed by atoms with van der Waals surface area (Å²) < 4.78 is 28.1. The molecule has 26 heavy (non-hydrogen) atoms. The summed E-state index contributed by atoms with van der Waals surface area (Å²) in [7, 11) is -3.86. The number of amides is 1. The average molecular weight is 427 g/mol. The lowest BCUT2D eigenvalue weighted by atomic mass is 10.3. The highest BCUT2D eigenvalue weighted by molar-refractivity contribution is 7.92. The molecule has 9 heteroatoms. The fraction of sp³-hybridized carbons (Fsp3) is 0. The molecule has 1 heterocycles. The maximum Gasteiger partial charge on any atom is 0.265 e. The summed E-state index contributed by atoms with van der Waals surface area (Å²) in [5.74, 6) is -0.365. The fourth-order valence-corrected chi connectivity index (χ4v) is 4.42. The van der Waals surface area contributed by atoms with Crippen molar-refractivity contribution in [3.63, 3.8) is 0 Å². The van der Waals surface area contributed by atoms with Gasteiger partial charge in [0.1, 0.15) is 0 Å². The van der Waals surface area contributed by atoms with Crippen LogP contribution in [0.25, 0.3) is 0 Å². The molecule has 3 rings (SSSR count). The van der Waals surface area contributed by atoms with Gasteiger partial charge in [-0.25, -0.2) is 8.42 Å². The molecule has 0 unspecified atom stereocenters. The summed E-state index contributed by atoms with van der Waals surface area (Å²) in [6.07, 6.45) is 0. The summed E-state index contributed by atoms with van der Waals surface area (Å²) >= 11 is 13.0. The molecule has 0 aliphatic rings. The highest BCUT2D eigenvalue weighted by atomic mass is 35.5. The van der Waals surface area contributed by atoms with Crippen LogP contribution in [0.3, 0.4) is 0 Å². The molecular formula is C17H12Cl2N2O3S2. The van der Waals surface area contributed by atoms with E-state index in [1.54, 1.807) is 42.5 Å². The van der Waals surface area contributed by atoms with Crippen molar-refractivity contribution in [2.24, 2.45) is 0 Å². The van der Waals surface area contributed by atoms with Gasteiger partial charge in [0.05, 0.1) is 24.8 Å². The molecule has 0 spiro atoms. The fourth-order valence-electron chi connectivity index (χ4n) is 2.12. The van der Waals surface area contributed by atoms with Crippen molar-refractivity contribution in [2.75, 3.05) is 10.0 Å². The number of rotatable bonds is 5. The van der Waals surface area contributed by atoms with Crippen LogP contribution in [0.5, 0.6) is 0 Å². The first-order valence-corrected chi connectivity index (χ1v) is 10.3. The minimum absolute atomic E-state index is 0.000526. The number of carbonyl (C=O) groups is 1. The van der Waals surface area contributed by atoms with E-state index in [2.05, 4.69) is 10.0 Å². The zero-order chi connectivity index (χ0) is 18.7. The number of hydrogen-bond acceptors (Lipinski definition) is 4. The average Bonchev–Trinajstić information content (AvgIpc) is 3.04. The van der Waals surface area contributed by atoms with Gasteiger partial charge in [-0.05, 0) is 42.5 Å². The third-order valence-corrected chi connectivity index (χ3v) is 6.24. The number of anilines is 2. The Morgan fingerprint density at radius 1 is 0.962 bits per heavy atom. The Labute approximate surface area is 164 Å². The molecule has 0 saturated carbocycles. The van der Waals surface area contributed by atoms with Crippen molar-refractivity contribution < 1.29 is 13.2 Å². The molecule has 0 aliphatic carbocycles. The zero-order valence-electron chi connectivity index (χ0n) is 13.1. The van der Waals surface area contributed by atoms with E-state index in [1.807, 2.05) is 0 Å². The minimum Gasteiger partial charge on any atom is -0.321 e. The van der Waals surface area contributed by atoms with Gasteiger partial charge < -0.3 is 5.32 Å². The lowest BCUT2D eigenvalue weighted by Gasteiger charge is -2.11. The second-order valence-corrected chi connectivity index (χ2v) is 8.98. The smallest absolute Gasteiger partial charge is 0.265 e. The molecule has 0 radical (unpaired) electrons. The number of carbonyl (C=O) groups excluding carboxylic acids is 1. The van der Waals surface area contributed by atoms with E-state index in [0.29, 0.717) is 14.9 Å². The maximum atomic E-state index is 12.6. The maximum absolute atomic E-state index is 12.6. The first-order valence-electron chi connectivity index (χ1n) is 7.29. The summed E-state index contributed by atoms with van der Waals surface area (Å²) in [6, 6.07) is 15.7. The molecule has 3 aromatic rings. The van der Waals surface area contributed by atoms with Gasteiger partial charge >= 0.3 is 0 Å². The summed E-state index contributed by atoms with van der Waals surface area (Å²) in [5.41, 5.74) is 0.624. The van der Waals surface area contributed by atoms with Crippen LogP contribution in [0, 0.1) is 0 Å². The number of para-hydroxylation sites is 1. The topological polar surface area (TPSA) is 75.3 Å². The third-order valence-electron chi connectivity index (χ3n) is 3.32. The van der Waals surface area contributed by atoms with Crippen LogP contribution >= 0.6 is 34.5 Å². The molecule has 1 amide bonds. The van der Waals surface area contributed by atoms with Crippen molar-refractivity contribution in [3.05, 3.63) is 74.9 Å². The van der Waals surface area contributed by atoms with E-state index in [1.165, 1.54) is 18.2 Å². The van der Waals surface area contributed by atoms with Crippen LogP contribution < -0.4 is 10.0 Å². The van der Waals surface area contributed by atoms with Gasteiger partial charge in [0.2, 0.25) is 0 Å². The molecule has 0 atom stereocenters. The van der Waals surface area contributed by atoms with E-state index in [9.17, 15) is 13.2 Å². The van der Waals surface area contributed by atoms with Crippen molar-refractivity contribution in [1.82, 2.24) is 0 Å². The van der Waals surface area contributed by atoms with Crippen molar-refractivity contribution in [3.8, 4) is 0 Å². The number of benzene rings is 2. The monoisotopic (exact) mass is 426 g/mol. The standard InChI is InChI=1S/C17H12Cl2N2O3S2/c18-13-6-1-2-7-14(13)21-26(23,24)12-5-3-4-11(10-12)20-17(22)15-8-9-16(19)25-15/h1-10,21H,(H,20,22). The third kappa shape index (κ3) is 4.37. The van der Waals surface area contributed by atoms with Gasteiger partial charge in [-0.3, -0.25) is 9.52 Å². The largest absolute Gasteiger partial charge is 0.321 e. The van der Waals surface area contributed by atoms with E-state index >= 15 is 0 Å². The second-order valence-electron chi connectivity index (χ2n) is 5.17. The van der Waals surface area contributed by atoms with Gasteiger partial charge in [-0.15, -0.1) is 11.3 Å². The Morgan fingerprint density at radius 3 is 2.42 bits per heavy atom. The Balaban J connectivity index is 1.82. The second kappa shape index (κ2) is 7.67. The SMILES string of the molecule is O=C(Nc1cccc(S(=O)(=O)Nc2ccccc2Cl)c1)c1ccc(Cl)s1. The first kappa shape index (κ1) is 18.7. The summed E-state index contributed by atoms with van der Waals surface area (Å²) in [5, 5.41) is 2.94. The molecule has 0 fully saturated rings. The van der Waals surface area contributed by atoms with E-state index in [-0.39, 0.29) is 21.5 Å². The van der Waals surface area contributed by atoms with Crippen LogP contribution in [0.2, 0.25) is 9.36 Å². The number of nitrogens with one attached hydrogen (secondary N) is 2. The lowest BCUT2D eigenvalue weighted by molar-refractivity contribution is 0.103. The van der Waals surface area contributed by atoms with Crippen LogP contribution in [0.1, 0.15) is 9.67 Å². The predicted octanol–water partition coefficient (Wildman–Crippen LogP) is 5.11. The van der Waals surface area contributed by atoms with Crippen LogP contribution in [-0.2, 0) is 10.0 Å². The first-order chi connectivity index (χ1) is 12.3. The molecule has 0 saturated heterocycles. The van der Waals surface area contributed by atoms with Gasteiger partial charge in [-0.1, -0.05) is 41.4 Å². The molecule has 0 bridgehead atoms. The molecule has 134 valence electrons. The molecule has 0 aliphatic heterocycles. The lowest BCUT2D eigenvalue weighted by Crippen LogP contribution is -2.14. The Hall–Kier alpha value is -2.06. The molecule has 2 aromatic carbocycles. The van der Waals surface area contributed by atoms with E-state index < -0.39 is 10.0 Å². The van der Waals surface area contributed by atoms with Gasteiger partial charge in [0, 0.05) is 5.69 Å². The van der Waals surface area contributed by atoms with Gasteiger partial charge in [-0.2, -0.15) is 0 Å². The normalized spacial score (nSPS) is 11.2. The quantitative estimate of drug-likeness (QED) is 0.594. The van der Waals surface area contributed by atoms with E-state index in [0.717, 1.165) is 11.3 Å². The van der Waals surface area contributed by atoms with E-state index in [4.69, 9.17) is 23.2 Å². The molecule has 2 N–H and O–H groups in total. The molecular weight excluding hydrogens is 415 g/mol. The Morgan fingerprint density at radius 2 is 1.73 bits per heavy atom. The highest BCUT2D eigenvalue weighted by Crippen LogP contribution is 2.26. The Kier molecular flexibility index (Phi) is 5.52. The Bertz CT molecular complexity index is 1070. The number of thiophene rings is 1. The number of halogens is 2. The van der Waals surface area contributed by atoms with Crippen LogP contribution in [0.4, 0.5) is 11.4 Å². The van der Waals surface area contributed by atoms with Crippen LogP contribution in [0.15, 0.2) is 65.6 Å². The summed E-state index contributed by atoms with van der Waals surface area (Å²) in [6.45, 7) is 0. The van der Waals surface area contributed by atoms with Gasteiger partial charge in [0.15, 0.2) is 0 Å².